The van der Waals surface area contributed by atoms with Crippen LogP contribution in [0.2, 0.25) is 0 Å². The van der Waals surface area contributed by atoms with Crippen LogP contribution in [0.4, 0.5) is 13.2 Å². The van der Waals surface area contributed by atoms with Crippen molar-refractivity contribution in [3.63, 3.8) is 0 Å². The molecule has 0 saturated heterocycles. The first-order valence-electron chi connectivity index (χ1n) is 3.84. The van der Waals surface area contributed by atoms with Crippen molar-refractivity contribution in [3.8, 4) is 0 Å². The van der Waals surface area contributed by atoms with E-state index in [4.69, 9.17) is 5.11 Å². The molecule has 1 N–H and O–H groups in total. The van der Waals surface area contributed by atoms with E-state index in [2.05, 4.69) is 0 Å². The number of alkyl halides is 3. The largest absolute Gasteiger partial charge is 0.480 e. The van der Waals surface area contributed by atoms with Crippen molar-refractivity contribution in [2.24, 2.45) is 0 Å². The molecule has 0 radical (unpaired) electrons. The van der Waals surface area contributed by atoms with Gasteiger partial charge in [0.1, 0.15) is 6.04 Å². The fraction of sp³-hybridized carbons (Fsp3) is 0.714. The van der Waals surface area contributed by atoms with E-state index >= 15 is 0 Å². The van der Waals surface area contributed by atoms with Gasteiger partial charge in [-0.15, -0.1) is 0 Å². The van der Waals surface area contributed by atoms with Gasteiger partial charge in [0.2, 0.25) is 5.91 Å². The van der Waals surface area contributed by atoms with E-state index in [1.807, 2.05) is 0 Å². The second kappa shape index (κ2) is 5.24. The lowest BCUT2D eigenvalue weighted by Gasteiger charge is -2.21. The number of carbonyl (C=O) groups excluding carboxylic acids is 1. The Morgan fingerprint density at radius 2 is 1.93 bits per heavy atom. The Hall–Kier alpha value is -0.920. The zero-order chi connectivity index (χ0) is 12.2. The fourth-order valence-corrected chi connectivity index (χ4v) is 1.12. The zero-order valence-corrected chi connectivity index (χ0v) is 8.85. The molecule has 4 nitrogen and oxygen atoms in total. The maximum atomic E-state index is 11.7. The molecule has 0 spiro atoms. The molecule has 0 aromatic rings. The van der Waals surface area contributed by atoms with E-state index in [0.717, 1.165) is 11.9 Å². The molecular formula is C7H10F3NO3S. The van der Waals surface area contributed by atoms with Gasteiger partial charge in [0.05, 0.1) is 5.75 Å². The van der Waals surface area contributed by atoms with Gasteiger partial charge in [-0.05, 0) is 18.7 Å². The Labute approximate surface area is 88.4 Å². The van der Waals surface area contributed by atoms with Gasteiger partial charge in [-0.25, -0.2) is 4.79 Å². The van der Waals surface area contributed by atoms with Crippen LogP contribution in [0.25, 0.3) is 0 Å². The molecule has 0 fully saturated rings. The van der Waals surface area contributed by atoms with Crippen LogP contribution in [-0.2, 0) is 9.59 Å². The average molecular weight is 245 g/mol. The molecule has 8 heteroatoms. The topological polar surface area (TPSA) is 57.6 Å². The van der Waals surface area contributed by atoms with Crippen LogP contribution in [0.15, 0.2) is 0 Å². The number of hydrogen-bond donors (Lipinski definition) is 1. The Morgan fingerprint density at radius 1 is 1.47 bits per heavy atom. The number of rotatable bonds is 4. The molecule has 1 amide bonds. The number of carboxylic acids is 1. The minimum atomic E-state index is -4.48. The predicted molar refractivity (Wildman–Crippen MR) is 48.4 cm³/mol. The van der Waals surface area contributed by atoms with E-state index in [9.17, 15) is 22.8 Å². The number of aliphatic carboxylic acids is 1. The third-order valence-electron chi connectivity index (χ3n) is 1.69. The standard InChI is InChI=1S/C7H10F3NO3S/c1-4(6(13)14)11(2)5(12)3-15-7(8,9)10/h4H,3H2,1-2H3,(H,13,14). The highest BCUT2D eigenvalue weighted by Gasteiger charge is 2.31. The lowest BCUT2D eigenvalue weighted by molar-refractivity contribution is -0.147. The lowest BCUT2D eigenvalue weighted by atomic mass is 10.3. The first-order chi connectivity index (χ1) is 6.65. The molecule has 0 aliphatic carbocycles. The van der Waals surface area contributed by atoms with Gasteiger partial charge in [0.15, 0.2) is 0 Å². The number of thioether (sulfide) groups is 1. The second-order valence-corrected chi connectivity index (χ2v) is 3.79. The molecule has 0 aromatic carbocycles. The van der Waals surface area contributed by atoms with Crippen molar-refractivity contribution in [1.29, 1.82) is 0 Å². The van der Waals surface area contributed by atoms with Crippen molar-refractivity contribution >= 4 is 23.6 Å². The predicted octanol–water partition coefficient (Wildman–Crippen LogP) is 1.17. The monoisotopic (exact) mass is 245 g/mol. The van der Waals surface area contributed by atoms with Crippen LogP contribution in [-0.4, -0.2) is 46.2 Å². The van der Waals surface area contributed by atoms with E-state index in [1.165, 1.54) is 6.92 Å². The Bertz CT molecular complexity index is 256. The molecule has 0 rings (SSSR count). The van der Waals surface area contributed by atoms with Crippen molar-refractivity contribution in [2.75, 3.05) is 12.8 Å². The quantitative estimate of drug-likeness (QED) is 0.807. The SMILES string of the molecule is CC(C(=O)O)N(C)C(=O)CSC(F)(F)F. The maximum absolute atomic E-state index is 11.7. The summed E-state index contributed by atoms with van der Waals surface area (Å²) in [6.45, 7) is 1.22. The highest BCUT2D eigenvalue weighted by Crippen LogP contribution is 2.30. The number of carbonyl (C=O) groups is 2. The fourth-order valence-electron chi connectivity index (χ4n) is 0.627. The van der Waals surface area contributed by atoms with Gasteiger partial charge in [0, 0.05) is 7.05 Å². The van der Waals surface area contributed by atoms with Gasteiger partial charge in [-0.1, -0.05) is 0 Å². The van der Waals surface area contributed by atoms with E-state index in [0.29, 0.717) is 0 Å². The highest BCUT2D eigenvalue weighted by atomic mass is 32.2. The lowest BCUT2D eigenvalue weighted by Crippen LogP contribution is -2.41. The number of hydrogen-bond acceptors (Lipinski definition) is 3. The first kappa shape index (κ1) is 14.1. The molecular weight excluding hydrogens is 235 g/mol. The van der Waals surface area contributed by atoms with Crippen LogP contribution in [0.1, 0.15) is 6.92 Å². The number of amides is 1. The number of nitrogens with zero attached hydrogens (tertiary/aromatic N) is 1. The summed E-state index contributed by atoms with van der Waals surface area (Å²) in [4.78, 5) is 22.3. The molecule has 88 valence electrons. The van der Waals surface area contributed by atoms with Gasteiger partial charge < -0.3 is 10.0 Å². The maximum Gasteiger partial charge on any atom is 0.442 e. The normalized spacial score (nSPS) is 13.4. The van der Waals surface area contributed by atoms with E-state index in [1.54, 1.807) is 0 Å². The van der Waals surface area contributed by atoms with Crippen LogP contribution >= 0.6 is 11.8 Å². The molecule has 0 saturated carbocycles. The molecule has 0 aliphatic rings. The summed E-state index contributed by atoms with van der Waals surface area (Å²) >= 11 is -0.485. The van der Waals surface area contributed by atoms with Crippen LogP contribution in [0.5, 0.6) is 0 Å². The summed E-state index contributed by atoms with van der Waals surface area (Å²) in [5, 5.41) is 8.51. The Morgan fingerprint density at radius 3 is 2.27 bits per heavy atom. The Balaban J connectivity index is 4.17. The van der Waals surface area contributed by atoms with E-state index < -0.39 is 40.9 Å². The first-order valence-corrected chi connectivity index (χ1v) is 4.83. The van der Waals surface area contributed by atoms with Gasteiger partial charge in [0.25, 0.3) is 0 Å². The summed E-state index contributed by atoms with van der Waals surface area (Å²) < 4.78 is 35.1. The Kier molecular flexibility index (Phi) is 4.92. The minimum Gasteiger partial charge on any atom is -0.480 e. The summed E-state index contributed by atoms with van der Waals surface area (Å²) in [6.07, 6.45) is 0. The molecule has 1 unspecified atom stereocenters. The number of halogens is 3. The smallest absolute Gasteiger partial charge is 0.442 e. The molecule has 0 bridgehead atoms. The molecule has 0 heterocycles. The average Bonchev–Trinajstić information content (AvgIpc) is 2.10. The van der Waals surface area contributed by atoms with Crippen molar-refractivity contribution in [2.45, 2.75) is 18.5 Å². The van der Waals surface area contributed by atoms with Crippen molar-refractivity contribution < 1.29 is 27.9 Å². The summed E-state index contributed by atoms with van der Waals surface area (Å²) in [5.74, 6) is -2.94. The molecule has 15 heavy (non-hydrogen) atoms. The zero-order valence-electron chi connectivity index (χ0n) is 8.04. The molecule has 1 atom stereocenters. The van der Waals surface area contributed by atoms with Crippen molar-refractivity contribution in [1.82, 2.24) is 4.90 Å². The summed E-state index contributed by atoms with van der Waals surface area (Å²) in [5.41, 5.74) is -4.48. The van der Waals surface area contributed by atoms with Crippen LogP contribution in [0.3, 0.4) is 0 Å². The van der Waals surface area contributed by atoms with Crippen LogP contribution < -0.4 is 0 Å². The molecule has 0 aliphatic heterocycles. The van der Waals surface area contributed by atoms with E-state index in [-0.39, 0.29) is 0 Å². The van der Waals surface area contributed by atoms with Crippen molar-refractivity contribution in [3.05, 3.63) is 0 Å². The van der Waals surface area contributed by atoms with Gasteiger partial charge >= 0.3 is 11.5 Å². The molecule has 0 aromatic heterocycles. The van der Waals surface area contributed by atoms with Gasteiger partial charge in [-0.2, -0.15) is 13.2 Å². The van der Waals surface area contributed by atoms with Crippen LogP contribution in [0, 0.1) is 0 Å². The summed E-state index contributed by atoms with van der Waals surface area (Å²) in [6, 6.07) is -1.13. The summed E-state index contributed by atoms with van der Waals surface area (Å²) in [7, 11) is 1.15. The third kappa shape index (κ3) is 5.50. The second-order valence-electron chi connectivity index (χ2n) is 2.75. The van der Waals surface area contributed by atoms with Gasteiger partial charge in [-0.3, -0.25) is 4.79 Å². The highest BCUT2D eigenvalue weighted by molar-refractivity contribution is 8.00. The third-order valence-corrected chi connectivity index (χ3v) is 2.41. The minimum absolute atomic E-state index is 0.485. The number of likely N-dealkylation sites (N-methyl/N-ethyl adjacent to an activating group) is 1. The number of carboxylic acid groups (broad SMARTS) is 1.